The predicted octanol–water partition coefficient (Wildman–Crippen LogP) is 15.5. The third-order valence-corrected chi connectivity index (χ3v) is 11.4. The minimum Gasteiger partial charge on any atom is -0.462 e. The van der Waals surface area contributed by atoms with E-state index in [0.717, 1.165) is 63.7 Å². The van der Waals surface area contributed by atoms with Crippen molar-refractivity contribution in [3.8, 4) is 0 Å². The Morgan fingerprint density at radius 2 is 0.636 bits per heavy atom. The van der Waals surface area contributed by atoms with Gasteiger partial charge in [0.15, 0.2) is 6.10 Å². The number of hydrogen-bond donors (Lipinski definition) is 0. The van der Waals surface area contributed by atoms with Crippen molar-refractivity contribution in [3.05, 3.63) is 0 Å². The smallest absolute Gasteiger partial charge is 0.306 e. The van der Waals surface area contributed by atoms with Crippen molar-refractivity contribution in [3.63, 3.8) is 0 Å². The van der Waals surface area contributed by atoms with E-state index in [9.17, 15) is 14.4 Å². The van der Waals surface area contributed by atoms with Crippen molar-refractivity contribution >= 4 is 17.9 Å². The van der Waals surface area contributed by atoms with Crippen molar-refractivity contribution in [2.24, 2.45) is 5.92 Å². The van der Waals surface area contributed by atoms with E-state index in [4.69, 9.17) is 14.2 Å². The molecule has 0 spiro atoms. The van der Waals surface area contributed by atoms with E-state index in [-0.39, 0.29) is 31.1 Å². The molecule has 0 aliphatic heterocycles. The van der Waals surface area contributed by atoms with Gasteiger partial charge in [-0.1, -0.05) is 233 Å². The molecule has 0 aliphatic rings. The number of rotatable bonds is 44. The molecule has 6 nitrogen and oxygen atoms in total. The molecule has 0 aromatic heterocycles. The van der Waals surface area contributed by atoms with Gasteiger partial charge in [0.25, 0.3) is 0 Å². The highest BCUT2D eigenvalue weighted by molar-refractivity contribution is 5.71. The average molecular weight is 779 g/mol. The molecule has 55 heavy (non-hydrogen) atoms. The van der Waals surface area contributed by atoms with Crippen LogP contribution in [0.15, 0.2) is 0 Å². The van der Waals surface area contributed by atoms with Crippen LogP contribution in [0.3, 0.4) is 0 Å². The first kappa shape index (κ1) is 53.4. The maximum absolute atomic E-state index is 12.7. The molecule has 0 saturated carbocycles. The minimum absolute atomic E-state index is 0.0634. The second kappa shape index (κ2) is 43.5. The van der Waals surface area contributed by atoms with E-state index in [1.165, 1.54) is 167 Å². The molecule has 0 aromatic carbocycles. The summed E-state index contributed by atoms with van der Waals surface area (Å²) in [4.78, 5) is 37.8. The molecule has 0 rings (SSSR count). The molecule has 6 heteroatoms. The van der Waals surface area contributed by atoms with Gasteiger partial charge in [0.05, 0.1) is 0 Å². The molecule has 0 radical (unpaired) electrons. The van der Waals surface area contributed by atoms with Gasteiger partial charge < -0.3 is 14.2 Å². The Balaban J connectivity index is 4.33. The van der Waals surface area contributed by atoms with Crippen LogP contribution in [0.2, 0.25) is 0 Å². The normalized spacial score (nSPS) is 12.4. The van der Waals surface area contributed by atoms with Crippen LogP contribution >= 0.6 is 0 Å². The van der Waals surface area contributed by atoms with Crippen molar-refractivity contribution in [2.75, 3.05) is 13.2 Å². The third kappa shape index (κ3) is 41.9. The highest BCUT2D eigenvalue weighted by atomic mass is 16.6. The van der Waals surface area contributed by atoms with Gasteiger partial charge in [-0.2, -0.15) is 0 Å². The Morgan fingerprint density at radius 3 is 0.945 bits per heavy atom. The monoisotopic (exact) mass is 779 g/mol. The summed E-state index contributed by atoms with van der Waals surface area (Å²) in [7, 11) is 0. The van der Waals surface area contributed by atoms with Crippen molar-refractivity contribution in [2.45, 2.75) is 278 Å². The highest BCUT2D eigenvalue weighted by Gasteiger charge is 2.19. The predicted molar refractivity (Wildman–Crippen MR) is 233 cm³/mol. The zero-order valence-corrected chi connectivity index (χ0v) is 37.4. The molecule has 0 amide bonds. The number of ether oxygens (including phenoxy) is 3. The number of carbonyl (C=O) groups excluding carboxylic acids is 3. The zero-order valence-electron chi connectivity index (χ0n) is 37.4. The van der Waals surface area contributed by atoms with Crippen LogP contribution in [0.25, 0.3) is 0 Å². The summed E-state index contributed by atoms with van der Waals surface area (Å²) in [6.45, 7) is 9.01. The van der Waals surface area contributed by atoms with E-state index < -0.39 is 6.10 Å². The van der Waals surface area contributed by atoms with Crippen LogP contribution in [-0.2, 0) is 28.6 Å². The lowest BCUT2D eigenvalue weighted by Crippen LogP contribution is -2.30. The number of hydrogen-bond acceptors (Lipinski definition) is 6. The maximum atomic E-state index is 12.7. The van der Waals surface area contributed by atoms with Gasteiger partial charge in [0, 0.05) is 19.3 Å². The van der Waals surface area contributed by atoms with Crippen LogP contribution in [0.5, 0.6) is 0 Å². The van der Waals surface area contributed by atoms with Crippen LogP contribution < -0.4 is 0 Å². The van der Waals surface area contributed by atoms with E-state index in [2.05, 4.69) is 27.7 Å². The van der Waals surface area contributed by atoms with Gasteiger partial charge in [-0.15, -0.1) is 0 Å². The highest BCUT2D eigenvalue weighted by Crippen LogP contribution is 2.17. The van der Waals surface area contributed by atoms with Crippen LogP contribution in [-0.4, -0.2) is 37.2 Å². The van der Waals surface area contributed by atoms with Crippen molar-refractivity contribution < 1.29 is 28.6 Å². The SMILES string of the molecule is CCCCCCCCCCCCCCCC(=O)OC[C@H](COC(=O)CCCCCCCCCCC(C)CC)OC(=O)CCCCCCCCCCCCCC. The molecule has 0 fully saturated rings. The molecule has 0 aliphatic carbocycles. The van der Waals surface area contributed by atoms with Gasteiger partial charge in [0.1, 0.15) is 13.2 Å². The van der Waals surface area contributed by atoms with Crippen LogP contribution in [0.4, 0.5) is 0 Å². The summed E-state index contributed by atoms with van der Waals surface area (Å²) in [6, 6.07) is 0. The van der Waals surface area contributed by atoms with Crippen LogP contribution in [0.1, 0.15) is 272 Å². The largest absolute Gasteiger partial charge is 0.462 e. The average Bonchev–Trinajstić information content (AvgIpc) is 3.18. The fraction of sp³-hybridized carbons (Fsp3) is 0.939. The summed E-state index contributed by atoms with van der Waals surface area (Å²) < 4.78 is 16.8. The molecule has 0 heterocycles. The molecule has 0 N–H and O–H groups in total. The van der Waals surface area contributed by atoms with Gasteiger partial charge in [-0.3, -0.25) is 14.4 Å². The first-order valence-electron chi connectivity index (χ1n) is 24.4. The summed E-state index contributed by atoms with van der Waals surface area (Å²) in [5.41, 5.74) is 0. The summed E-state index contributed by atoms with van der Waals surface area (Å²) in [6.07, 6.45) is 43.6. The second-order valence-corrected chi connectivity index (χ2v) is 17.0. The summed E-state index contributed by atoms with van der Waals surface area (Å²) in [5, 5.41) is 0. The van der Waals surface area contributed by atoms with Gasteiger partial charge in [0.2, 0.25) is 0 Å². The summed E-state index contributed by atoms with van der Waals surface area (Å²) >= 11 is 0. The van der Waals surface area contributed by atoms with Crippen molar-refractivity contribution in [1.82, 2.24) is 0 Å². The molecule has 1 unspecified atom stereocenters. The van der Waals surface area contributed by atoms with Gasteiger partial charge in [-0.25, -0.2) is 0 Å². The first-order valence-corrected chi connectivity index (χ1v) is 24.4. The lowest BCUT2D eigenvalue weighted by molar-refractivity contribution is -0.167. The van der Waals surface area contributed by atoms with E-state index >= 15 is 0 Å². The topological polar surface area (TPSA) is 78.9 Å². The fourth-order valence-electron chi connectivity index (χ4n) is 7.30. The molecule has 326 valence electrons. The molecule has 0 aromatic rings. The second-order valence-electron chi connectivity index (χ2n) is 17.0. The molecule has 0 saturated heterocycles. The molecule has 2 atom stereocenters. The van der Waals surface area contributed by atoms with Gasteiger partial charge >= 0.3 is 17.9 Å². The maximum Gasteiger partial charge on any atom is 0.306 e. The quantitative estimate of drug-likeness (QED) is 0.0348. The minimum atomic E-state index is -0.760. The molecule has 0 bridgehead atoms. The Morgan fingerprint density at radius 1 is 0.364 bits per heavy atom. The van der Waals surface area contributed by atoms with Crippen molar-refractivity contribution in [1.29, 1.82) is 0 Å². The van der Waals surface area contributed by atoms with Gasteiger partial charge in [-0.05, 0) is 25.2 Å². The van der Waals surface area contributed by atoms with Crippen LogP contribution in [0, 0.1) is 5.92 Å². The number of unbranched alkanes of at least 4 members (excludes halogenated alkanes) is 30. The molecular formula is C49H94O6. The lowest BCUT2D eigenvalue weighted by atomic mass is 9.99. The lowest BCUT2D eigenvalue weighted by Gasteiger charge is -2.18. The Bertz CT molecular complexity index is 828. The molecular weight excluding hydrogens is 685 g/mol. The first-order chi connectivity index (χ1) is 26.9. The third-order valence-electron chi connectivity index (χ3n) is 11.4. The zero-order chi connectivity index (χ0) is 40.3. The Hall–Kier alpha value is -1.59. The van der Waals surface area contributed by atoms with E-state index in [1.54, 1.807) is 0 Å². The fourth-order valence-corrected chi connectivity index (χ4v) is 7.30. The Kier molecular flexibility index (Phi) is 42.3. The number of esters is 3. The summed E-state index contributed by atoms with van der Waals surface area (Å²) in [5.74, 6) is -0.00206. The van der Waals surface area contributed by atoms with E-state index in [0.29, 0.717) is 19.3 Å². The Labute approximate surface area is 342 Å². The van der Waals surface area contributed by atoms with E-state index in [1.807, 2.05) is 0 Å². The standard InChI is InChI=1S/C49H94O6/c1-5-8-10-12-14-16-18-20-22-23-28-32-36-40-47(50)53-43-46(55-49(52)42-38-34-30-24-21-19-17-15-13-11-9-6-2)44-54-48(51)41-37-33-29-26-25-27-31-35-39-45(4)7-3/h45-46H,5-44H2,1-4H3/t45?,46-/m1/s1. The number of carbonyl (C=O) groups is 3.